The van der Waals surface area contributed by atoms with E-state index in [-0.39, 0.29) is 12.5 Å². The normalized spacial score (nSPS) is 20.7. The average Bonchev–Trinajstić information content (AvgIpc) is 3.15. The number of carboxylic acid groups (broad SMARTS) is 1. The van der Waals surface area contributed by atoms with Gasteiger partial charge in [-0.05, 0) is 37.6 Å². The molecule has 0 unspecified atom stereocenters. The van der Waals surface area contributed by atoms with Crippen molar-refractivity contribution in [2.24, 2.45) is 5.41 Å². The van der Waals surface area contributed by atoms with Gasteiger partial charge in [-0.25, -0.2) is 4.98 Å². The maximum atomic E-state index is 12.5. The molecule has 6 nitrogen and oxygen atoms in total. The number of benzene rings is 1. The van der Waals surface area contributed by atoms with Crippen molar-refractivity contribution in [3.05, 3.63) is 47.0 Å². The minimum absolute atomic E-state index is 0.215. The molecule has 0 bridgehead atoms. The zero-order valence-corrected chi connectivity index (χ0v) is 14.2. The van der Waals surface area contributed by atoms with E-state index in [1.54, 1.807) is 28.9 Å². The second-order valence-electron chi connectivity index (χ2n) is 5.99. The van der Waals surface area contributed by atoms with E-state index in [9.17, 15) is 14.7 Å². The van der Waals surface area contributed by atoms with E-state index in [2.05, 4.69) is 20.9 Å². The van der Waals surface area contributed by atoms with Gasteiger partial charge < -0.3 is 14.6 Å². The van der Waals surface area contributed by atoms with Gasteiger partial charge >= 0.3 is 5.97 Å². The van der Waals surface area contributed by atoms with Crippen molar-refractivity contribution in [1.82, 2.24) is 14.5 Å². The van der Waals surface area contributed by atoms with Crippen LogP contribution in [0.5, 0.6) is 0 Å². The average molecular weight is 378 g/mol. The van der Waals surface area contributed by atoms with E-state index in [0.717, 1.165) is 10.2 Å². The summed E-state index contributed by atoms with van der Waals surface area (Å²) in [5.41, 5.74) is 0.350. The smallest absolute Gasteiger partial charge is 0.311 e. The molecule has 1 aliphatic rings. The molecule has 120 valence electrons. The highest BCUT2D eigenvalue weighted by atomic mass is 79.9. The van der Waals surface area contributed by atoms with Crippen molar-refractivity contribution in [3.8, 4) is 5.69 Å². The van der Waals surface area contributed by atoms with Crippen molar-refractivity contribution < 1.29 is 14.7 Å². The molecule has 1 atom stereocenters. The van der Waals surface area contributed by atoms with E-state index in [1.807, 2.05) is 24.3 Å². The maximum absolute atomic E-state index is 12.5. The highest BCUT2D eigenvalue weighted by Gasteiger charge is 2.42. The van der Waals surface area contributed by atoms with Crippen molar-refractivity contribution in [1.29, 1.82) is 0 Å². The summed E-state index contributed by atoms with van der Waals surface area (Å²) >= 11 is 3.38. The summed E-state index contributed by atoms with van der Waals surface area (Å²) < 4.78 is 2.74. The molecule has 2 aromatic rings. The molecule has 1 saturated heterocycles. The fraction of sp³-hybridized carbons (Fsp3) is 0.312. The molecule has 0 aliphatic carbocycles. The van der Waals surface area contributed by atoms with Gasteiger partial charge in [0, 0.05) is 29.4 Å². The van der Waals surface area contributed by atoms with Gasteiger partial charge in [0.2, 0.25) is 0 Å². The number of nitrogens with zero attached hydrogens (tertiary/aromatic N) is 3. The molecule has 1 aromatic heterocycles. The summed E-state index contributed by atoms with van der Waals surface area (Å²) in [6.07, 6.45) is 3.71. The number of rotatable bonds is 3. The molecule has 1 amide bonds. The molecule has 1 N–H and O–H groups in total. The maximum Gasteiger partial charge on any atom is 0.311 e. The highest BCUT2D eigenvalue weighted by molar-refractivity contribution is 9.10. The number of likely N-dealkylation sites (tertiary alicyclic amines) is 1. The van der Waals surface area contributed by atoms with Crippen molar-refractivity contribution in [2.45, 2.75) is 13.3 Å². The molecular formula is C16H16BrN3O3. The fourth-order valence-corrected chi connectivity index (χ4v) is 2.92. The Bertz CT molecular complexity index is 756. The van der Waals surface area contributed by atoms with Crippen molar-refractivity contribution in [3.63, 3.8) is 0 Å². The van der Waals surface area contributed by atoms with Crippen LogP contribution in [0.2, 0.25) is 0 Å². The Hall–Kier alpha value is -2.15. The number of hydrogen-bond donors (Lipinski definition) is 1. The molecule has 0 saturated carbocycles. The summed E-state index contributed by atoms with van der Waals surface area (Å²) in [6, 6.07) is 7.65. The van der Waals surface area contributed by atoms with Crippen LogP contribution in [0.15, 0.2) is 41.3 Å². The summed E-state index contributed by atoms with van der Waals surface area (Å²) in [7, 11) is 0. The topological polar surface area (TPSA) is 75.4 Å². The Morgan fingerprint density at radius 3 is 2.61 bits per heavy atom. The molecule has 0 spiro atoms. The van der Waals surface area contributed by atoms with Crippen LogP contribution in [0.4, 0.5) is 0 Å². The van der Waals surface area contributed by atoms with Gasteiger partial charge in [-0.15, -0.1) is 0 Å². The van der Waals surface area contributed by atoms with E-state index in [4.69, 9.17) is 0 Å². The number of carboxylic acids is 1. The number of aromatic nitrogens is 2. The molecular weight excluding hydrogens is 362 g/mol. The van der Waals surface area contributed by atoms with Crippen LogP contribution < -0.4 is 0 Å². The molecule has 7 heteroatoms. The fourth-order valence-electron chi connectivity index (χ4n) is 2.66. The molecule has 0 radical (unpaired) electrons. The van der Waals surface area contributed by atoms with E-state index in [1.165, 1.54) is 0 Å². The molecule has 1 aromatic carbocycles. The molecule has 2 heterocycles. The number of halogens is 1. The van der Waals surface area contributed by atoms with Gasteiger partial charge in [-0.3, -0.25) is 9.59 Å². The second kappa shape index (κ2) is 5.81. The second-order valence-corrected chi connectivity index (χ2v) is 6.90. The number of amides is 1. The SMILES string of the molecule is C[C@]1(C(=O)O)CCN(C(=O)c2cn(-c3ccc(Br)cc3)cn2)C1. The third-order valence-electron chi connectivity index (χ3n) is 4.20. The number of carbonyl (C=O) groups is 2. The van der Waals surface area contributed by atoms with Gasteiger partial charge in [0.1, 0.15) is 12.0 Å². The largest absolute Gasteiger partial charge is 0.481 e. The highest BCUT2D eigenvalue weighted by Crippen LogP contribution is 2.30. The van der Waals surface area contributed by atoms with Crippen molar-refractivity contribution >= 4 is 27.8 Å². The Kier molecular flexibility index (Phi) is 3.97. The predicted octanol–water partition coefficient (Wildman–Crippen LogP) is 2.57. The first-order valence-corrected chi connectivity index (χ1v) is 8.01. The minimum atomic E-state index is -0.871. The van der Waals surface area contributed by atoms with Gasteiger partial charge in [-0.2, -0.15) is 0 Å². The summed E-state index contributed by atoms with van der Waals surface area (Å²) in [6.45, 7) is 2.32. The lowest BCUT2D eigenvalue weighted by Gasteiger charge is -2.19. The monoisotopic (exact) mass is 377 g/mol. The molecule has 3 rings (SSSR count). The molecule has 1 aliphatic heterocycles. The number of carbonyl (C=O) groups excluding carboxylic acids is 1. The van der Waals surface area contributed by atoms with Gasteiger partial charge in [0.15, 0.2) is 0 Å². The van der Waals surface area contributed by atoms with Crippen LogP contribution in [0, 0.1) is 5.41 Å². The lowest BCUT2D eigenvalue weighted by atomic mass is 9.90. The lowest BCUT2D eigenvalue weighted by molar-refractivity contribution is -0.147. The Balaban J connectivity index is 1.77. The Morgan fingerprint density at radius 1 is 1.30 bits per heavy atom. The quantitative estimate of drug-likeness (QED) is 0.891. The Labute approximate surface area is 141 Å². The van der Waals surface area contributed by atoms with Crippen LogP contribution in [0.1, 0.15) is 23.8 Å². The van der Waals surface area contributed by atoms with Crippen LogP contribution in [-0.4, -0.2) is 44.5 Å². The lowest BCUT2D eigenvalue weighted by Crippen LogP contribution is -2.35. The predicted molar refractivity (Wildman–Crippen MR) is 87.5 cm³/mol. The zero-order valence-electron chi connectivity index (χ0n) is 12.6. The Morgan fingerprint density at radius 2 is 2.00 bits per heavy atom. The van der Waals surface area contributed by atoms with Crippen LogP contribution in [0.3, 0.4) is 0 Å². The minimum Gasteiger partial charge on any atom is -0.481 e. The first kappa shape index (κ1) is 15.7. The number of imidazole rings is 1. The van der Waals surface area contributed by atoms with E-state index in [0.29, 0.717) is 18.7 Å². The van der Waals surface area contributed by atoms with Gasteiger partial charge in [-0.1, -0.05) is 15.9 Å². The van der Waals surface area contributed by atoms with Gasteiger partial charge in [0.05, 0.1) is 5.41 Å². The van der Waals surface area contributed by atoms with Crippen LogP contribution in [-0.2, 0) is 4.79 Å². The first-order chi connectivity index (χ1) is 10.9. The van der Waals surface area contributed by atoms with Crippen LogP contribution >= 0.6 is 15.9 Å². The molecule has 1 fully saturated rings. The summed E-state index contributed by atoms with van der Waals surface area (Å²) in [5.74, 6) is -1.10. The molecule has 23 heavy (non-hydrogen) atoms. The summed E-state index contributed by atoms with van der Waals surface area (Å²) in [5, 5.41) is 9.26. The first-order valence-electron chi connectivity index (χ1n) is 7.22. The van der Waals surface area contributed by atoms with E-state index >= 15 is 0 Å². The third kappa shape index (κ3) is 3.01. The van der Waals surface area contributed by atoms with Gasteiger partial charge in [0.25, 0.3) is 5.91 Å². The van der Waals surface area contributed by atoms with Crippen LogP contribution in [0.25, 0.3) is 5.69 Å². The number of aliphatic carboxylic acids is 1. The standard InChI is InChI=1S/C16H16BrN3O3/c1-16(15(22)23)6-7-19(9-16)14(21)13-8-20(10-18-13)12-4-2-11(17)3-5-12/h2-5,8,10H,6-7,9H2,1H3,(H,22,23)/t16-/m0/s1. The summed E-state index contributed by atoms with van der Waals surface area (Å²) in [4.78, 5) is 29.5. The zero-order chi connectivity index (χ0) is 16.6. The number of hydrogen-bond acceptors (Lipinski definition) is 3. The van der Waals surface area contributed by atoms with E-state index < -0.39 is 11.4 Å². The van der Waals surface area contributed by atoms with Crippen molar-refractivity contribution in [2.75, 3.05) is 13.1 Å². The third-order valence-corrected chi connectivity index (χ3v) is 4.73.